The lowest BCUT2D eigenvalue weighted by Gasteiger charge is -2.34. The van der Waals surface area contributed by atoms with E-state index < -0.39 is 0 Å². The second-order valence-electron chi connectivity index (χ2n) is 5.38. The maximum Gasteiger partial charge on any atom is 0.246 e. The molecule has 0 unspecified atom stereocenters. The molecule has 1 fully saturated rings. The highest BCUT2D eigenvalue weighted by atomic mass is 35.5. The van der Waals surface area contributed by atoms with Crippen molar-refractivity contribution in [1.29, 1.82) is 0 Å². The van der Waals surface area contributed by atoms with Gasteiger partial charge in [-0.05, 0) is 24.6 Å². The van der Waals surface area contributed by atoms with Crippen LogP contribution in [-0.4, -0.2) is 59.4 Å². The van der Waals surface area contributed by atoms with E-state index in [1.807, 2.05) is 62.3 Å². The van der Waals surface area contributed by atoms with E-state index in [9.17, 15) is 14.7 Å². The Hall–Kier alpha value is -2.21. The summed E-state index contributed by atoms with van der Waals surface area (Å²) in [5.74, 6) is -0.186. The number of carbonyl (C=O) groups excluding carboxylic acids is 2. The number of aromatic hydroxyl groups is 1. The first-order valence-corrected chi connectivity index (χ1v) is 11.7. The number of amides is 2. The highest BCUT2D eigenvalue weighted by molar-refractivity contribution is 6.31. The van der Waals surface area contributed by atoms with Crippen LogP contribution in [0, 0.1) is 6.92 Å². The summed E-state index contributed by atoms with van der Waals surface area (Å²) in [4.78, 5) is 27.1. The topological polar surface area (TPSA) is 72.9 Å². The average molecular weight is 458 g/mol. The molecule has 0 aromatic heterocycles. The molecular weight excluding hydrogens is 414 g/mol. The number of carbonyl (C=O) groups is 2. The molecule has 0 saturated carbocycles. The molecule has 7 heteroatoms. The minimum Gasteiger partial charge on any atom is -0.506 e. The van der Waals surface area contributed by atoms with Crippen molar-refractivity contribution in [1.82, 2.24) is 9.80 Å². The standard InChI is InChI=1S/C16H20ClN3O3.4C2H6/c1-3-15(22)19-4-6-20(7-5-19)16(23)10-18-13-8-11(2)12(17)9-14(13)21;4*1-2/h3,8-9,18,21H,1,4-7,10H2,2H3;4*1-2H3. The van der Waals surface area contributed by atoms with Crippen LogP contribution in [0.5, 0.6) is 5.75 Å². The molecule has 0 bridgehead atoms. The average Bonchev–Trinajstić information content (AvgIpc) is 2.85. The number of nitrogens with one attached hydrogen (secondary N) is 1. The van der Waals surface area contributed by atoms with E-state index in [4.69, 9.17) is 11.6 Å². The predicted molar refractivity (Wildman–Crippen MR) is 135 cm³/mol. The van der Waals surface area contributed by atoms with Gasteiger partial charge in [-0.2, -0.15) is 0 Å². The summed E-state index contributed by atoms with van der Waals surface area (Å²) in [6.45, 7) is 23.3. The molecule has 1 aliphatic rings. The molecule has 0 aliphatic carbocycles. The van der Waals surface area contributed by atoms with E-state index in [-0.39, 0.29) is 24.1 Å². The third-order valence-electron chi connectivity index (χ3n) is 3.83. The van der Waals surface area contributed by atoms with Gasteiger partial charge in [-0.25, -0.2) is 0 Å². The zero-order valence-electron chi connectivity index (χ0n) is 21.0. The Labute approximate surface area is 195 Å². The lowest BCUT2D eigenvalue weighted by molar-refractivity contribution is -0.135. The zero-order valence-corrected chi connectivity index (χ0v) is 21.8. The molecule has 0 radical (unpaired) electrons. The van der Waals surface area contributed by atoms with Gasteiger partial charge in [-0.3, -0.25) is 9.59 Å². The summed E-state index contributed by atoms with van der Waals surface area (Å²) in [6, 6.07) is 3.15. The molecule has 6 nitrogen and oxygen atoms in total. The van der Waals surface area contributed by atoms with Crippen LogP contribution in [0.15, 0.2) is 24.8 Å². The first-order valence-electron chi connectivity index (χ1n) is 11.3. The van der Waals surface area contributed by atoms with Crippen LogP contribution < -0.4 is 5.32 Å². The summed E-state index contributed by atoms with van der Waals surface area (Å²) in [5.41, 5.74) is 1.29. The van der Waals surface area contributed by atoms with Crippen LogP contribution in [0.4, 0.5) is 5.69 Å². The monoisotopic (exact) mass is 457 g/mol. The van der Waals surface area contributed by atoms with Crippen LogP contribution in [0.3, 0.4) is 0 Å². The number of piperazine rings is 1. The van der Waals surface area contributed by atoms with Crippen molar-refractivity contribution >= 4 is 29.1 Å². The van der Waals surface area contributed by atoms with Gasteiger partial charge in [0.15, 0.2) is 0 Å². The summed E-state index contributed by atoms with van der Waals surface area (Å²) < 4.78 is 0. The smallest absolute Gasteiger partial charge is 0.246 e. The van der Waals surface area contributed by atoms with Gasteiger partial charge in [0.2, 0.25) is 11.8 Å². The highest BCUT2D eigenvalue weighted by Crippen LogP contribution is 2.29. The summed E-state index contributed by atoms with van der Waals surface area (Å²) in [6.07, 6.45) is 1.28. The number of phenols is 1. The van der Waals surface area contributed by atoms with Crippen LogP contribution in [0.2, 0.25) is 5.02 Å². The van der Waals surface area contributed by atoms with E-state index in [0.29, 0.717) is 36.9 Å². The molecular formula is C24H44ClN3O3. The summed E-state index contributed by atoms with van der Waals surface area (Å²) in [7, 11) is 0. The molecule has 1 aliphatic heterocycles. The van der Waals surface area contributed by atoms with Crippen LogP contribution in [0.25, 0.3) is 0 Å². The SMILES string of the molecule is C=CC(=O)N1CCN(C(=O)CNc2cc(C)c(Cl)cc2O)CC1.CC.CC.CC.CC. The Balaban J connectivity index is -0.000000879. The van der Waals surface area contributed by atoms with E-state index >= 15 is 0 Å². The molecule has 2 rings (SSSR count). The maximum atomic E-state index is 12.2. The van der Waals surface area contributed by atoms with Crippen LogP contribution in [-0.2, 0) is 9.59 Å². The molecule has 2 amide bonds. The van der Waals surface area contributed by atoms with Crippen molar-refractivity contribution in [3.8, 4) is 5.75 Å². The fraction of sp³-hybridized carbons (Fsp3) is 0.583. The second kappa shape index (κ2) is 21.0. The Morgan fingerprint density at radius 1 is 1.00 bits per heavy atom. The van der Waals surface area contributed by atoms with Crippen molar-refractivity contribution < 1.29 is 14.7 Å². The van der Waals surface area contributed by atoms with Gasteiger partial charge in [-0.1, -0.05) is 73.6 Å². The predicted octanol–water partition coefficient (Wildman–Crippen LogP) is 5.73. The van der Waals surface area contributed by atoms with Gasteiger partial charge in [-0.15, -0.1) is 0 Å². The van der Waals surface area contributed by atoms with Gasteiger partial charge in [0.1, 0.15) is 5.75 Å². The molecule has 0 spiro atoms. The molecule has 180 valence electrons. The quantitative estimate of drug-likeness (QED) is 0.447. The lowest BCUT2D eigenvalue weighted by atomic mass is 10.2. The van der Waals surface area contributed by atoms with Gasteiger partial charge in [0.25, 0.3) is 0 Å². The number of nitrogens with zero attached hydrogens (tertiary/aromatic N) is 2. The van der Waals surface area contributed by atoms with Crippen molar-refractivity contribution in [3.05, 3.63) is 35.4 Å². The Morgan fingerprint density at radius 3 is 1.90 bits per heavy atom. The molecule has 1 aromatic carbocycles. The van der Waals surface area contributed by atoms with Crippen LogP contribution >= 0.6 is 11.6 Å². The zero-order chi connectivity index (χ0) is 25.0. The number of phenolic OH excluding ortho intramolecular Hbond substituents is 1. The molecule has 1 saturated heterocycles. The highest BCUT2D eigenvalue weighted by Gasteiger charge is 2.22. The van der Waals surface area contributed by atoms with E-state index in [0.717, 1.165) is 5.56 Å². The Bertz CT molecular complexity index is 629. The lowest BCUT2D eigenvalue weighted by Crippen LogP contribution is -2.51. The molecule has 1 heterocycles. The summed E-state index contributed by atoms with van der Waals surface area (Å²) >= 11 is 5.92. The number of anilines is 1. The molecule has 31 heavy (non-hydrogen) atoms. The first kappa shape index (κ1) is 33.4. The fourth-order valence-electron chi connectivity index (χ4n) is 2.40. The van der Waals surface area contributed by atoms with E-state index in [1.165, 1.54) is 12.1 Å². The number of hydrogen-bond donors (Lipinski definition) is 2. The van der Waals surface area contributed by atoms with Crippen molar-refractivity contribution in [2.75, 3.05) is 38.0 Å². The van der Waals surface area contributed by atoms with Crippen molar-refractivity contribution in [2.45, 2.75) is 62.3 Å². The van der Waals surface area contributed by atoms with Gasteiger partial charge >= 0.3 is 0 Å². The largest absolute Gasteiger partial charge is 0.506 e. The fourth-order valence-corrected chi connectivity index (χ4v) is 2.56. The third-order valence-corrected chi connectivity index (χ3v) is 4.23. The van der Waals surface area contributed by atoms with Gasteiger partial charge < -0.3 is 20.2 Å². The Morgan fingerprint density at radius 2 is 1.45 bits per heavy atom. The maximum absolute atomic E-state index is 12.2. The first-order chi connectivity index (χ1) is 14.9. The van der Waals surface area contributed by atoms with Crippen LogP contribution in [0.1, 0.15) is 61.0 Å². The minimum absolute atomic E-state index is 0.00907. The molecule has 2 N–H and O–H groups in total. The van der Waals surface area contributed by atoms with E-state index in [2.05, 4.69) is 11.9 Å². The number of halogens is 1. The molecule has 1 aromatic rings. The van der Waals surface area contributed by atoms with Crippen molar-refractivity contribution in [3.63, 3.8) is 0 Å². The normalized spacial score (nSPS) is 11.5. The van der Waals surface area contributed by atoms with Gasteiger partial charge in [0, 0.05) is 37.3 Å². The number of benzene rings is 1. The second-order valence-corrected chi connectivity index (χ2v) is 5.79. The number of hydrogen-bond acceptors (Lipinski definition) is 4. The number of rotatable bonds is 4. The summed E-state index contributed by atoms with van der Waals surface area (Å²) in [5, 5.41) is 13.2. The number of aryl methyl sites for hydroxylation is 1. The minimum atomic E-state index is -0.114. The third kappa shape index (κ3) is 12.3. The Kier molecular flexibility index (Phi) is 22.7. The molecule has 0 atom stereocenters. The van der Waals surface area contributed by atoms with E-state index in [1.54, 1.807) is 15.9 Å². The van der Waals surface area contributed by atoms with Crippen molar-refractivity contribution in [2.24, 2.45) is 0 Å². The van der Waals surface area contributed by atoms with Gasteiger partial charge in [0.05, 0.1) is 12.2 Å².